The van der Waals surface area contributed by atoms with Crippen LogP contribution in [-0.2, 0) is 4.74 Å². The summed E-state index contributed by atoms with van der Waals surface area (Å²) in [6.07, 6.45) is 1.96. The van der Waals surface area contributed by atoms with Gasteiger partial charge in [-0.3, -0.25) is 4.90 Å². The molecule has 2 aliphatic heterocycles. The van der Waals surface area contributed by atoms with Crippen LogP contribution < -0.4 is 10.1 Å². The first-order valence-corrected chi connectivity index (χ1v) is 8.16. The van der Waals surface area contributed by atoms with Gasteiger partial charge in [0, 0.05) is 51.0 Å². The largest absolute Gasteiger partial charge is 0.496 e. The number of halogens is 1. The van der Waals surface area contributed by atoms with Crippen LogP contribution in [0.4, 0.5) is 4.39 Å². The summed E-state index contributed by atoms with van der Waals surface area (Å²) < 4.78 is 25.6. The van der Waals surface area contributed by atoms with Gasteiger partial charge in [-0.05, 0) is 30.9 Å². The second kappa shape index (κ2) is 7.40. The molecule has 0 unspecified atom stereocenters. The Kier molecular flexibility index (Phi) is 5.28. The van der Waals surface area contributed by atoms with Gasteiger partial charge in [-0.25, -0.2) is 4.39 Å². The molecule has 0 aliphatic carbocycles. The van der Waals surface area contributed by atoms with Gasteiger partial charge in [-0.15, -0.1) is 0 Å². The van der Waals surface area contributed by atoms with Crippen molar-refractivity contribution in [1.29, 1.82) is 0 Å². The van der Waals surface area contributed by atoms with Crippen molar-refractivity contribution in [3.8, 4) is 5.75 Å². The van der Waals surface area contributed by atoms with Gasteiger partial charge in [0.15, 0.2) is 0 Å². The van der Waals surface area contributed by atoms with E-state index in [1.807, 2.05) is 6.07 Å². The van der Waals surface area contributed by atoms with Gasteiger partial charge in [0.05, 0.1) is 7.11 Å². The monoisotopic (exact) mass is 308 g/mol. The third kappa shape index (κ3) is 3.26. The number of methoxy groups -OCH3 is 1. The van der Waals surface area contributed by atoms with Crippen molar-refractivity contribution in [3.63, 3.8) is 0 Å². The van der Waals surface area contributed by atoms with Crippen molar-refractivity contribution >= 4 is 0 Å². The van der Waals surface area contributed by atoms with Crippen LogP contribution in [0, 0.1) is 11.7 Å². The molecule has 0 spiro atoms. The molecule has 1 atom stereocenters. The molecule has 2 heterocycles. The van der Waals surface area contributed by atoms with E-state index >= 15 is 0 Å². The molecule has 1 N–H and O–H groups in total. The number of hydrogen-bond acceptors (Lipinski definition) is 4. The van der Waals surface area contributed by atoms with Gasteiger partial charge in [0.25, 0.3) is 0 Å². The molecule has 5 heteroatoms. The van der Waals surface area contributed by atoms with E-state index in [9.17, 15) is 4.39 Å². The zero-order chi connectivity index (χ0) is 15.4. The summed E-state index contributed by atoms with van der Waals surface area (Å²) in [6.45, 7) is 5.33. The van der Waals surface area contributed by atoms with Crippen molar-refractivity contribution in [2.45, 2.75) is 18.9 Å². The molecular formula is C17H25FN2O2. The standard InChI is InChI=1S/C17H25FN2O2/c1-21-15-4-2-3-14(18)16(15)17(13-5-11-22-12-6-13)20-9-7-19-8-10-20/h2-4,13,17,19H,5-12H2,1H3/t17-/m1/s1. The minimum Gasteiger partial charge on any atom is -0.496 e. The van der Waals surface area contributed by atoms with Crippen molar-refractivity contribution in [2.24, 2.45) is 5.92 Å². The number of benzene rings is 1. The molecule has 1 aromatic rings. The maximum atomic E-state index is 14.6. The summed E-state index contributed by atoms with van der Waals surface area (Å²) in [5.74, 6) is 0.919. The quantitative estimate of drug-likeness (QED) is 0.925. The molecule has 0 radical (unpaired) electrons. The molecule has 0 saturated carbocycles. The fourth-order valence-corrected chi connectivity index (χ4v) is 3.69. The minimum absolute atomic E-state index is 0.0714. The average Bonchev–Trinajstić information content (AvgIpc) is 2.58. The van der Waals surface area contributed by atoms with Crippen LogP contribution in [0.25, 0.3) is 0 Å². The highest BCUT2D eigenvalue weighted by atomic mass is 19.1. The molecule has 0 amide bonds. The van der Waals surface area contributed by atoms with Crippen LogP contribution in [-0.4, -0.2) is 51.4 Å². The van der Waals surface area contributed by atoms with Crippen LogP contribution in [0.2, 0.25) is 0 Å². The fourth-order valence-electron chi connectivity index (χ4n) is 3.69. The number of nitrogens with zero attached hydrogens (tertiary/aromatic N) is 1. The minimum atomic E-state index is -0.158. The van der Waals surface area contributed by atoms with Crippen molar-refractivity contribution in [3.05, 3.63) is 29.6 Å². The Hall–Kier alpha value is -1.17. The Labute approximate surface area is 131 Å². The van der Waals surface area contributed by atoms with E-state index in [1.165, 1.54) is 0 Å². The van der Waals surface area contributed by atoms with E-state index < -0.39 is 0 Å². The van der Waals surface area contributed by atoms with Crippen LogP contribution in [0.5, 0.6) is 5.75 Å². The van der Waals surface area contributed by atoms with E-state index in [1.54, 1.807) is 19.2 Å². The maximum Gasteiger partial charge on any atom is 0.131 e. The molecule has 0 bridgehead atoms. The maximum absolute atomic E-state index is 14.6. The van der Waals surface area contributed by atoms with Crippen LogP contribution in [0.15, 0.2) is 18.2 Å². The third-order valence-electron chi connectivity index (χ3n) is 4.79. The Morgan fingerprint density at radius 1 is 1.27 bits per heavy atom. The van der Waals surface area contributed by atoms with Crippen molar-refractivity contribution in [1.82, 2.24) is 10.2 Å². The fraction of sp³-hybridized carbons (Fsp3) is 0.647. The second-order valence-electron chi connectivity index (χ2n) is 6.04. The highest BCUT2D eigenvalue weighted by molar-refractivity contribution is 5.38. The Morgan fingerprint density at radius 2 is 2.00 bits per heavy atom. The summed E-state index contributed by atoms with van der Waals surface area (Å²) in [5, 5.41) is 3.38. The highest BCUT2D eigenvalue weighted by Crippen LogP contribution is 2.40. The summed E-state index contributed by atoms with van der Waals surface area (Å²) in [5.41, 5.74) is 0.721. The van der Waals surface area contributed by atoms with Gasteiger partial charge in [0.2, 0.25) is 0 Å². The molecule has 2 aliphatic rings. The lowest BCUT2D eigenvalue weighted by atomic mass is 9.85. The summed E-state index contributed by atoms with van der Waals surface area (Å²) in [4.78, 5) is 2.41. The zero-order valence-electron chi connectivity index (χ0n) is 13.2. The van der Waals surface area contributed by atoms with E-state index in [4.69, 9.17) is 9.47 Å². The lowest BCUT2D eigenvalue weighted by molar-refractivity contribution is 0.0195. The van der Waals surface area contributed by atoms with E-state index in [0.29, 0.717) is 11.7 Å². The predicted molar refractivity (Wildman–Crippen MR) is 83.7 cm³/mol. The number of rotatable bonds is 4. The Balaban J connectivity index is 1.96. The Morgan fingerprint density at radius 3 is 2.68 bits per heavy atom. The van der Waals surface area contributed by atoms with Gasteiger partial charge in [0.1, 0.15) is 11.6 Å². The smallest absolute Gasteiger partial charge is 0.131 e. The lowest BCUT2D eigenvalue weighted by Crippen LogP contribution is -2.47. The number of hydrogen-bond donors (Lipinski definition) is 1. The first-order valence-electron chi connectivity index (χ1n) is 8.16. The first kappa shape index (κ1) is 15.7. The van der Waals surface area contributed by atoms with E-state index in [0.717, 1.165) is 57.8 Å². The van der Waals surface area contributed by atoms with E-state index in [2.05, 4.69) is 10.2 Å². The zero-order valence-corrected chi connectivity index (χ0v) is 13.2. The first-order chi connectivity index (χ1) is 10.8. The van der Waals surface area contributed by atoms with Gasteiger partial charge < -0.3 is 14.8 Å². The molecule has 1 aromatic carbocycles. The lowest BCUT2D eigenvalue weighted by Gasteiger charge is -2.41. The topological polar surface area (TPSA) is 33.7 Å². The number of piperazine rings is 1. The SMILES string of the molecule is COc1cccc(F)c1[C@@H](C1CCOCC1)N1CCNCC1. The molecule has 2 saturated heterocycles. The average molecular weight is 308 g/mol. The molecule has 2 fully saturated rings. The van der Waals surface area contributed by atoms with Crippen LogP contribution >= 0.6 is 0 Å². The number of nitrogens with one attached hydrogen (secondary N) is 1. The van der Waals surface area contributed by atoms with Crippen LogP contribution in [0.1, 0.15) is 24.4 Å². The van der Waals surface area contributed by atoms with Crippen LogP contribution in [0.3, 0.4) is 0 Å². The third-order valence-corrected chi connectivity index (χ3v) is 4.79. The normalized spacial score (nSPS) is 22.5. The summed E-state index contributed by atoms with van der Waals surface area (Å²) in [7, 11) is 1.62. The molecule has 122 valence electrons. The molecule has 4 nitrogen and oxygen atoms in total. The molecule has 0 aromatic heterocycles. The summed E-state index contributed by atoms with van der Waals surface area (Å²) >= 11 is 0. The molecular weight excluding hydrogens is 283 g/mol. The number of ether oxygens (including phenoxy) is 2. The van der Waals surface area contributed by atoms with Gasteiger partial charge >= 0.3 is 0 Å². The van der Waals surface area contributed by atoms with Gasteiger partial charge in [-0.1, -0.05) is 6.07 Å². The van der Waals surface area contributed by atoms with Crippen molar-refractivity contribution in [2.75, 3.05) is 46.5 Å². The molecule has 22 heavy (non-hydrogen) atoms. The Bertz CT molecular complexity index is 468. The predicted octanol–water partition coefficient (Wildman–Crippen LogP) is 2.21. The second-order valence-corrected chi connectivity index (χ2v) is 6.04. The van der Waals surface area contributed by atoms with Gasteiger partial charge in [-0.2, -0.15) is 0 Å². The highest BCUT2D eigenvalue weighted by Gasteiger charge is 2.34. The summed E-state index contributed by atoms with van der Waals surface area (Å²) in [6, 6.07) is 5.21. The van der Waals surface area contributed by atoms with Crippen molar-refractivity contribution < 1.29 is 13.9 Å². The molecule has 3 rings (SSSR count). The van der Waals surface area contributed by atoms with E-state index in [-0.39, 0.29) is 11.9 Å².